The van der Waals surface area contributed by atoms with Crippen LogP contribution >= 0.6 is 11.3 Å². The van der Waals surface area contributed by atoms with Crippen molar-refractivity contribution in [3.63, 3.8) is 0 Å². The van der Waals surface area contributed by atoms with E-state index in [1.165, 1.54) is 24.3 Å². The molecule has 2 fully saturated rings. The highest BCUT2D eigenvalue weighted by molar-refractivity contribution is 7.17. The van der Waals surface area contributed by atoms with Crippen molar-refractivity contribution in [2.75, 3.05) is 19.6 Å². The van der Waals surface area contributed by atoms with Crippen LogP contribution in [0.3, 0.4) is 0 Å². The molecule has 2 aliphatic rings. The predicted molar refractivity (Wildman–Crippen MR) is 85.4 cm³/mol. The number of piperidine rings is 1. The van der Waals surface area contributed by atoms with Crippen LogP contribution in [0.15, 0.2) is 17.6 Å². The average Bonchev–Trinajstić information content (AvgIpc) is 3.09. The summed E-state index contributed by atoms with van der Waals surface area (Å²) in [5, 5.41) is 5.71. The summed E-state index contributed by atoms with van der Waals surface area (Å²) >= 11 is 1.47. The highest BCUT2D eigenvalue weighted by Crippen LogP contribution is 2.27. The van der Waals surface area contributed by atoms with E-state index in [0.29, 0.717) is 17.2 Å². The van der Waals surface area contributed by atoms with Crippen molar-refractivity contribution < 1.29 is 9.59 Å². The summed E-state index contributed by atoms with van der Waals surface area (Å²) in [6.45, 7) is 3.26. The number of rotatable bonds is 3. The Morgan fingerprint density at radius 3 is 3.18 bits per heavy atom. The van der Waals surface area contributed by atoms with Crippen molar-refractivity contribution in [2.24, 2.45) is 5.92 Å². The largest absolute Gasteiger partial charge is 0.347 e. The fourth-order valence-corrected chi connectivity index (χ4v) is 4.45. The smallest absolute Gasteiger partial charge is 0.270 e. The number of hydrogen-bond acceptors (Lipinski definition) is 5. The van der Waals surface area contributed by atoms with Gasteiger partial charge in [-0.3, -0.25) is 9.59 Å². The van der Waals surface area contributed by atoms with Gasteiger partial charge in [0, 0.05) is 41.7 Å². The number of pyridine rings is 1. The van der Waals surface area contributed by atoms with Crippen molar-refractivity contribution in [1.82, 2.24) is 15.2 Å². The number of nitrogens with zero attached hydrogens (tertiary/aromatic N) is 2. The third-order valence-electron chi connectivity index (χ3n) is 4.65. The molecule has 4 heterocycles. The summed E-state index contributed by atoms with van der Waals surface area (Å²) in [7, 11) is 0. The minimum Gasteiger partial charge on any atom is -0.347 e. The second-order valence-corrected chi connectivity index (χ2v) is 7.11. The lowest BCUT2D eigenvalue weighted by atomic mass is 9.97. The van der Waals surface area contributed by atoms with Crippen LogP contribution < -0.4 is 5.32 Å². The van der Waals surface area contributed by atoms with Gasteiger partial charge in [0.2, 0.25) is 0 Å². The molecule has 22 heavy (non-hydrogen) atoms. The molecule has 0 spiro atoms. The first-order valence-corrected chi connectivity index (χ1v) is 8.46. The molecule has 5 nitrogen and oxygen atoms in total. The topological polar surface area (TPSA) is 62.3 Å². The van der Waals surface area contributed by atoms with Gasteiger partial charge >= 0.3 is 0 Å². The van der Waals surface area contributed by atoms with E-state index in [0.717, 1.165) is 35.9 Å². The van der Waals surface area contributed by atoms with Gasteiger partial charge in [-0.25, -0.2) is 4.98 Å². The van der Waals surface area contributed by atoms with Crippen LogP contribution in [0.2, 0.25) is 0 Å². The maximum absolute atomic E-state index is 12.4. The first kappa shape index (κ1) is 13.8. The predicted octanol–water partition coefficient (Wildman–Crippen LogP) is 1.93. The minimum atomic E-state index is -0.141. The molecule has 3 atom stereocenters. The fourth-order valence-electron chi connectivity index (χ4n) is 3.59. The van der Waals surface area contributed by atoms with Gasteiger partial charge in [0.25, 0.3) is 5.91 Å². The van der Waals surface area contributed by atoms with Crippen molar-refractivity contribution in [1.29, 1.82) is 0 Å². The normalized spacial score (nSPS) is 27.0. The van der Waals surface area contributed by atoms with Crippen molar-refractivity contribution >= 4 is 33.6 Å². The maximum Gasteiger partial charge on any atom is 0.270 e. The zero-order chi connectivity index (χ0) is 15.1. The van der Waals surface area contributed by atoms with Gasteiger partial charge in [0.05, 0.1) is 4.70 Å². The third kappa shape index (κ3) is 2.42. The number of fused-ring (bicyclic) bond motifs is 3. The summed E-state index contributed by atoms with van der Waals surface area (Å²) < 4.78 is 0.931. The molecule has 2 aliphatic heterocycles. The van der Waals surface area contributed by atoms with E-state index in [-0.39, 0.29) is 11.9 Å². The van der Waals surface area contributed by atoms with Gasteiger partial charge in [0.15, 0.2) is 6.29 Å². The van der Waals surface area contributed by atoms with E-state index in [4.69, 9.17) is 0 Å². The van der Waals surface area contributed by atoms with Gasteiger partial charge in [-0.15, -0.1) is 11.3 Å². The third-order valence-corrected chi connectivity index (χ3v) is 5.60. The van der Waals surface area contributed by atoms with Gasteiger partial charge in [-0.1, -0.05) is 0 Å². The number of carbonyl (C=O) groups excluding carboxylic acids is 2. The molecular weight excluding hydrogens is 298 g/mol. The Kier molecular flexibility index (Phi) is 3.43. The lowest BCUT2D eigenvalue weighted by molar-refractivity contribution is 0.0904. The Morgan fingerprint density at radius 2 is 2.36 bits per heavy atom. The van der Waals surface area contributed by atoms with E-state index < -0.39 is 0 Å². The summed E-state index contributed by atoms with van der Waals surface area (Å²) in [4.78, 5) is 30.1. The molecule has 0 aromatic carbocycles. The molecule has 3 unspecified atom stereocenters. The zero-order valence-corrected chi connectivity index (χ0v) is 12.9. The van der Waals surface area contributed by atoms with Crippen molar-refractivity contribution in [3.8, 4) is 0 Å². The number of aldehydes is 1. The number of amides is 1. The number of aromatic nitrogens is 1. The highest BCUT2D eigenvalue weighted by atomic mass is 32.1. The Balaban J connectivity index is 1.53. The lowest BCUT2D eigenvalue weighted by Crippen LogP contribution is -2.47. The first-order chi connectivity index (χ1) is 10.7. The van der Waals surface area contributed by atoms with Crippen LogP contribution in [-0.2, 0) is 0 Å². The summed E-state index contributed by atoms with van der Waals surface area (Å²) in [6.07, 6.45) is 4.80. The van der Waals surface area contributed by atoms with Gasteiger partial charge in [-0.2, -0.15) is 0 Å². The number of carbonyl (C=O) groups is 2. The molecular formula is C16H17N3O2S. The quantitative estimate of drug-likeness (QED) is 0.879. The number of hydrogen-bond donors (Lipinski definition) is 1. The fraction of sp³-hybridized carbons (Fsp3) is 0.438. The van der Waals surface area contributed by atoms with Crippen LogP contribution in [0.25, 0.3) is 10.1 Å². The molecule has 1 amide bonds. The van der Waals surface area contributed by atoms with Crippen molar-refractivity contribution in [3.05, 3.63) is 28.9 Å². The summed E-state index contributed by atoms with van der Waals surface area (Å²) in [6, 6.07) is 1.93. The van der Waals surface area contributed by atoms with Crippen LogP contribution in [0.5, 0.6) is 0 Å². The molecule has 2 aromatic rings. The van der Waals surface area contributed by atoms with Crippen LogP contribution in [0, 0.1) is 5.92 Å². The zero-order valence-electron chi connectivity index (χ0n) is 12.1. The molecule has 0 radical (unpaired) electrons. The molecule has 0 aliphatic carbocycles. The molecule has 4 rings (SSSR count). The standard InChI is InChI=1S/C16H17N3O2S/c20-8-11-9-22-15-5-17-14(4-13(11)15)16(21)18-12-3-10-1-2-19(6-10)7-12/h4-5,8-10,12H,1-3,6-7H2,(H,18,21). The summed E-state index contributed by atoms with van der Waals surface area (Å²) in [5.41, 5.74) is 1.01. The van der Waals surface area contributed by atoms with Crippen LogP contribution in [0.1, 0.15) is 33.7 Å². The summed E-state index contributed by atoms with van der Waals surface area (Å²) in [5.74, 6) is 0.575. The van der Waals surface area contributed by atoms with Crippen LogP contribution in [-0.4, -0.2) is 47.8 Å². The van der Waals surface area contributed by atoms with Gasteiger partial charge < -0.3 is 10.2 Å². The first-order valence-electron chi connectivity index (χ1n) is 7.58. The van der Waals surface area contributed by atoms with E-state index in [1.807, 2.05) is 0 Å². The minimum absolute atomic E-state index is 0.141. The molecule has 0 saturated carbocycles. The molecule has 114 valence electrons. The number of thiophene rings is 1. The van der Waals surface area contributed by atoms with Crippen LogP contribution in [0.4, 0.5) is 0 Å². The highest BCUT2D eigenvalue weighted by Gasteiger charge is 2.33. The van der Waals surface area contributed by atoms with Gasteiger partial charge in [0.1, 0.15) is 5.69 Å². The molecule has 2 saturated heterocycles. The Hall–Kier alpha value is -1.79. The second-order valence-electron chi connectivity index (χ2n) is 6.19. The Labute approximate surface area is 132 Å². The van der Waals surface area contributed by atoms with Crippen molar-refractivity contribution in [2.45, 2.75) is 18.9 Å². The Morgan fingerprint density at radius 1 is 1.45 bits per heavy atom. The monoisotopic (exact) mass is 315 g/mol. The van der Waals surface area contributed by atoms with E-state index in [9.17, 15) is 9.59 Å². The Bertz CT molecular complexity index is 730. The molecule has 2 bridgehead atoms. The van der Waals surface area contributed by atoms with E-state index >= 15 is 0 Å². The molecule has 6 heteroatoms. The SMILES string of the molecule is O=Cc1csc2cnc(C(=O)NC3CC4CCN(C4)C3)cc12. The van der Waals surface area contributed by atoms with E-state index in [1.54, 1.807) is 17.6 Å². The molecule has 2 aromatic heterocycles. The lowest BCUT2D eigenvalue weighted by Gasteiger charge is -2.30. The second kappa shape index (κ2) is 5.44. The van der Waals surface area contributed by atoms with Gasteiger partial charge in [-0.05, 0) is 31.4 Å². The number of nitrogens with one attached hydrogen (secondary N) is 1. The van der Waals surface area contributed by atoms with E-state index in [2.05, 4.69) is 15.2 Å². The molecule has 1 N–H and O–H groups in total. The maximum atomic E-state index is 12.4. The average molecular weight is 315 g/mol.